The third kappa shape index (κ3) is 3.39. The summed E-state index contributed by atoms with van der Waals surface area (Å²) in [6.07, 6.45) is 5.03. The van der Waals surface area contributed by atoms with Gasteiger partial charge in [-0.25, -0.2) is 9.97 Å². The monoisotopic (exact) mass is 396 g/mol. The quantitative estimate of drug-likeness (QED) is 0.490. The van der Waals surface area contributed by atoms with Crippen molar-refractivity contribution in [3.8, 4) is 11.3 Å². The van der Waals surface area contributed by atoms with Gasteiger partial charge in [0, 0.05) is 34.5 Å². The van der Waals surface area contributed by atoms with Gasteiger partial charge in [-0.05, 0) is 36.4 Å². The number of halogens is 2. The van der Waals surface area contributed by atoms with Gasteiger partial charge in [-0.15, -0.1) is 0 Å². The summed E-state index contributed by atoms with van der Waals surface area (Å²) in [5.41, 5.74) is 3.50. The van der Waals surface area contributed by atoms with Crippen molar-refractivity contribution in [2.45, 2.75) is 0 Å². The van der Waals surface area contributed by atoms with Gasteiger partial charge in [0.2, 0.25) is 0 Å². The summed E-state index contributed by atoms with van der Waals surface area (Å²) >= 11 is 11.9. The van der Waals surface area contributed by atoms with E-state index in [4.69, 9.17) is 23.2 Å². The van der Waals surface area contributed by atoms with Crippen LogP contribution in [-0.2, 0) is 0 Å². The fraction of sp³-hybridized carbons (Fsp3) is 0.0500. The van der Waals surface area contributed by atoms with Gasteiger partial charge in [-0.1, -0.05) is 35.3 Å². The minimum Gasteiger partial charge on any atom is -0.310 e. The van der Waals surface area contributed by atoms with Gasteiger partial charge in [-0.3, -0.25) is 9.20 Å². The van der Waals surface area contributed by atoms with E-state index in [0.29, 0.717) is 21.4 Å². The highest BCUT2D eigenvalue weighted by atomic mass is 35.5. The number of amides is 1. The molecular weight excluding hydrogens is 383 g/mol. The molecule has 0 saturated carbocycles. The molecule has 0 bridgehead atoms. The van der Waals surface area contributed by atoms with Crippen LogP contribution in [0.5, 0.6) is 0 Å². The normalized spacial score (nSPS) is 10.9. The molecule has 4 rings (SSSR count). The number of carbonyl (C=O) groups excluding carboxylic acids is 1. The fourth-order valence-corrected chi connectivity index (χ4v) is 3.04. The number of carbonyl (C=O) groups is 1. The van der Waals surface area contributed by atoms with Crippen LogP contribution in [0.25, 0.3) is 16.9 Å². The van der Waals surface area contributed by atoms with E-state index in [0.717, 1.165) is 16.9 Å². The Labute approximate surface area is 165 Å². The molecule has 0 aliphatic heterocycles. The Kier molecular flexibility index (Phi) is 4.56. The van der Waals surface area contributed by atoms with E-state index in [2.05, 4.69) is 9.97 Å². The lowest BCUT2D eigenvalue weighted by Crippen LogP contribution is -2.27. The predicted octanol–water partition coefficient (Wildman–Crippen LogP) is 4.98. The first-order valence-electron chi connectivity index (χ1n) is 8.15. The van der Waals surface area contributed by atoms with E-state index in [1.807, 2.05) is 28.7 Å². The van der Waals surface area contributed by atoms with E-state index in [9.17, 15) is 4.79 Å². The Morgan fingerprint density at radius 1 is 0.926 bits per heavy atom. The maximum Gasteiger partial charge on any atom is 0.278 e. The van der Waals surface area contributed by atoms with Gasteiger partial charge < -0.3 is 4.90 Å². The van der Waals surface area contributed by atoms with Gasteiger partial charge in [0.25, 0.3) is 5.91 Å². The van der Waals surface area contributed by atoms with Crippen LogP contribution in [-0.4, -0.2) is 27.3 Å². The van der Waals surface area contributed by atoms with Crippen molar-refractivity contribution in [2.24, 2.45) is 0 Å². The molecule has 0 saturated heterocycles. The highest BCUT2D eigenvalue weighted by Gasteiger charge is 2.17. The number of benzene rings is 2. The summed E-state index contributed by atoms with van der Waals surface area (Å²) in [4.78, 5) is 23.0. The summed E-state index contributed by atoms with van der Waals surface area (Å²) in [7, 11) is 1.70. The number of rotatable bonds is 3. The maximum absolute atomic E-state index is 12.9. The number of nitrogens with zero attached hydrogens (tertiary/aromatic N) is 4. The average Bonchev–Trinajstić information content (AvgIpc) is 3.11. The molecule has 2 aromatic heterocycles. The number of hydrogen-bond donors (Lipinski definition) is 0. The topological polar surface area (TPSA) is 50.5 Å². The number of fused-ring (bicyclic) bond motifs is 1. The first kappa shape index (κ1) is 17.5. The van der Waals surface area contributed by atoms with Crippen molar-refractivity contribution in [2.75, 3.05) is 11.9 Å². The average molecular weight is 397 g/mol. The third-order valence-electron chi connectivity index (χ3n) is 4.27. The van der Waals surface area contributed by atoms with Crippen LogP contribution in [0.15, 0.2) is 67.1 Å². The fourth-order valence-electron chi connectivity index (χ4n) is 2.79. The SMILES string of the molecule is CN(C(=O)c1cn2c(-c3ccc(Cl)cc3)cnc2cn1)c1ccc(Cl)cc1. The lowest BCUT2D eigenvalue weighted by molar-refractivity contribution is 0.0988. The molecule has 134 valence electrons. The molecule has 0 radical (unpaired) electrons. The largest absolute Gasteiger partial charge is 0.310 e. The molecule has 0 atom stereocenters. The van der Waals surface area contributed by atoms with E-state index in [1.54, 1.807) is 49.9 Å². The second kappa shape index (κ2) is 7.02. The lowest BCUT2D eigenvalue weighted by Gasteiger charge is -2.17. The summed E-state index contributed by atoms with van der Waals surface area (Å²) in [5.74, 6) is -0.227. The van der Waals surface area contributed by atoms with Crippen molar-refractivity contribution in [1.29, 1.82) is 0 Å². The molecule has 4 aromatic rings. The van der Waals surface area contributed by atoms with Crippen molar-refractivity contribution < 1.29 is 4.79 Å². The van der Waals surface area contributed by atoms with E-state index < -0.39 is 0 Å². The molecule has 0 unspecified atom stereocenters. The molecule has 7 heteroatoms. The van der Waals surface area contributed by atoms with Crippen LogP contribution < -0.4 is 4.90 Å². The standard InChI is InChI=1S/C20H14Cl2N4O/c1-25(16-8-6-15(22)7-9-16)20(27)17-12-26-18(10-24-19(26)11-23-17)13-2-4-14(21)5-3-13/h2-12H,1H3. The summed E-state index contributed by atoms with van der Waals surface area (Å²) in [6.45, 7) is 0. The third-order valence-corrected chi connectivity index (χ3v) is 4.78. The Morgan fingerprint density at radius 2 is 1.56 bits per heavy atom. The van der Waals surface area contributed by atoms with Crippen molar-refractivity contribution in [3.05, 3.63) is 82.9 Å². The maximum atomic E-state index is 12.9. The molecule has 0 aliphatic carbocycles. The molecule has 0 spiro atoms. The van der Waals surface area contributed by atoms with Crippen LogP contribution in [0.2, 0.25) is 10.0 Å². The zero-order valence-corrected chi connectivity index (χ0v) is 15.8. The molecule has 0 N–H and O–H groups in total. The van der Waals surface area contributed by atoms with Gasteiger partial charge in [0.05, 0.1) is 18.1 Å². The first-order valence-corrected chi connectivity index (χ1v) is 8.91. The van der Waals surface area contributed by atoms with Gasteiger partial charge in [0.15, 0.2) is 5.65 Å². The van der Waals surface area contributed by atoms with Crippen LogP contribution in [0.1, 0.15) is 10.5 Å². The number of imidazole rings is 1. The van der Waals surface area contributed by atoms with Crippen LogP contribution in [0, 0.1) is 0 Å². The zero-order chi connectivity index (χ0) is 19.0. The highest BCUT2D eigenvalue weighted by molar-refractivity contribution is 6.31. The zero-order valence-electron chi connectivity index (χ0n) is 14.3. The Morgan fingerprint density at radius 3 is 2.22 bits per heavy atom. The first-order chi connectivity index (χ1) is 13.0. The number of aromatic nitrogens is 3. The molecule has 27 heavy (non-hydrogen) atoms. The molecule has 2 heterocycles. The molecule has 0 aliphatic rings. The summed E-state index contributed by atoms with van der Waals surface area (Å²) < 4.78 is 1.85. The van der Waals surface area contributed by atoms with E-state index >= 15 is 0 Å². The van der Waals surface area contributed by atoms with Gasteiger partial charge in [-0.2, -0.15) is 0 Å². The molecule has 2 aromatic carbocycles. The molecule has 1 amide bonds. The summed E-state index contributed by atoms with van der Waals surface area (Å²) in [5, 5.41) is 1.28. The minimum atomic E-state index is -0.227. The molecule has 5 nitrogen and oxygen atoms in total. The van der Waals surface area contributed by atoms with Gasteiger partial charge >= 0.3 is 0 Å². The summed E-state index contributed by atoms with van der Waals surface area (Å²) in [6, 6.07) is 14.5. The number of hydrogen-bond acceptors (Lipinski definition) is 3. The van der Waals surface area contributed by atoms with E-state index in [-0.39, 0.29) is 5.91 Å². The molecule has 0 fully saturated rings. The van der Waals surface area contributed by atoms with Crippen LogP contribution in [0.4, 0.5) is 5.69 Å². The smallest absolute Gasteiger partial charge is 0.278 e. The van der Waals surface area contributed by atoms with Gasteiger partial charge in [0.1, 0.15) is 5.69 Å². The second-order valence-corrected chi connectivity index (χ2v) is 6.86. The Hall–Kier alpha value is -2.89. The van der Waals surface area contributed by atoms with E-state index in [1.165, 1.54) is 4.90 Å². The van der Waals surface area contributed by atoms with Crippen LogP contribution in [0.3, 0.4) is 0 Å². The second-order valence-electron chi connectivity index (χ2n) is 5.99. The lowest BCUT2D eigenvalue weighted by atomic mass is 10.2. The minimum absolute atomic E-state index is 0.227. The van der Waals surface area contributed by atoms with Crippen molar-refractivity contribution in [1.82, 2.24) is 14.4 Å². The number of anilines is 1. The van der Waals surface area contributed by atoms with Crippen molar-refractivity contribution in [3.63, 3.8) is 0 Å². The van der Waals surface area contributed by atoms with Crippen LogP contribution >= 0.6 is 23.2 Å². The highest BCUT2D eigenvalue weighted by Crippen LogP contribution is 2.23. The Bertz CT molecular complexity index is 1120. The van der Waals surface area contributed by atoms with Crippen molar-refractivity contribution >= 4 is 40.4 Å². The molecular formula is C20H14Cl2N4O. The predicted molar refractivity (Wildman–Crippen MR) is 108 cm³/mol. The Balaban J connectivity index is 1.72.